The van der Waals surface area contributed by atoms with Gasteiger partial charge in [-0.15, -0.1) is 5.10 Å². The minimum atomic E-state index is 0.245. The molecule has 0 amide bonds. The van der Waals surface area contributed by atoms with E-state index in [0.717, 1.165) is 23.6 Å². The molecule has 0 saturated heterocycles. The molecule has 0 unspecified atom stereocenters. The second kappa shape index (κ2) is 7.77. The van der Waals surface area contributed by atoms with E-state index in [1.807, 2.05) is 36.4 Å². The summed E-state index contributed by atoms with van der Waals surface area (Å²) in [6.45, 7) is 0.928. The van der Waals surface area contributed by atoms with E-state index in [0.29, 0.717) is 24.1 Å². The van der Waals surface area contributed by atoms with Crippen molar-refractivity contribution in [3.8, 4) is 17.2 Å². The molecule has 1 aliphatic heterocycles. The summed E-state index contributed by atoms with van der Waals surface area (Å²) in [5.41, 5.74) is 2.01. The third-order valence-corrected chi connectivity index (χ3v) is 4.03. The zero-order valence-corrected chi connectivity index (χ0v) is 14.8. The Morgan fingerprint density at radius 2 is 2.04 bits per heavy atom. The van der Waals surface area contributed by atoms with Crippen molar-refractivity contribution in [1.29, 1.82) is 0 Å². The Morgan fingerprint density at radius 1 is 1.11 bits per heavy atom. The molecule has 8 heteroatoms. The molecule has 1 aromatic heterocycles. The molecule has 0 aliphatic carbocycles. The van der Waals surface area contributed by atoms with Gasteiger partial charge in [0, 0.05) is 18.3 Å². The smallest absolute Gasteiger partial charge is 0.244 e. The van der Waals surface area contributed by atoms with Crippen molar-refractivity contribution >= 4 is 17.5 Å². The van der Waals surface area contributed by atoms with Gasteiger partial charge in [0.1, 0.15) is 5.75 Å². The topological polar surface area (TPSA) is 90.4 Å². The molecule has 0 spiro atoms. The van der Waals surface area contributed by atoms with Gasteiger partial charge in [0.15, 0.2) is 17.3 Å². The summed E-state index contributed by atoms with van der Waals surface area (Å²) in [5.74, 6) is 3.34. The number of aromatic nitrogens is 3. The first kappa shape index (κ1) is 16.9. The number of methoxy groups -OCH3 is 1. The summed E-state index contributed by atoms with van der Waals surface area (Å²) < 4.78 is 15.9. The largest absolute Gasteiger partial charge is 0.497 e. The maximum absolute atomic E-state index is 5.38. The molecule has 8 nitrogen and oxygen atoms in total. The summed E-state index contributed by atoms with van der Waals surface area (Å²) in [7, 11) is 1.66. The third-order valence-electron chi connectivity index (χ3n) is 4.03. The maximum atomic E-state index is 5.38. The average Bonchev–Trinajstić information content (AvgIpc) is 3.16. The molecule has 2 heterocycles. The van der Waals surface area contributed by atoms with Gasteiger partial charge < -0.3 is 24.8 Å². The van der Waals surface area contributed by atoms with E-state index in [2.05, 4.69) is 31.9 Å². The highest BCUT2D eigenvalue weighted by Crippen LogP contribution is 2.34. The van der Waals surface area contributed by atoms with Gasteiger partial charge in [0.25, 0.3) is 0 Å². The van der Waals surface area contributed by atoms with E-state index >= 15 is 0 Å². The van der Waals surface area contributed by atoms with Crippen molar-refractivity contribution in [2.45, 2.75) is 6.42 Å². The van der Waals surface area contributed by atoms with Gasteiger partial charge in [-0.2, -0.15) is 10.1 Å². The molecule has 2 aromatic carbocycles. The van der Waals surface area contributed by atoms with Crippen molar-refractivity contribution in [1.82, 2.24) is 15.2 Å². The lowest BCUT2D eigenvalue weighted by molar-refractivity contribution is 0.174. The van der Waals surface area contributed by atoms with Crippen LogP contribution in [-0.2, 0) is 6.42 Å². The number of benzene rings is 2. The minimum absolute atomic E-state index is 0.245. The van der Waals surface area contributed by atoms with E-state index in [4.69, 9.17) is 14.2 Å². The quantitative estimate of drug-likeness (QED) is 0.660. The van der Waals surface area contributed by atoms with E-state index in [1.54, 1.807) is 13.3 Å². The number of rotatable bonds is 7. The normalized spacial score (nSPS) is 11.9. The van der Waals surface area contributed by atoms with Gasteiger partial charge in [0.05, 0.1) is 13.3 Å². The van der Waals surface area contributed by atoms with Gasteiger partial charge >= 0.3 is 0 Å². The zero-order valence-electron chi connectivity index (χ0n) is 14.8. The van der Waals surface area contributed by atoms with Crippen LogP contribution in [0.3, 0.4) is 0 Å². The van der Waals surface area contributed by atoms with Gasteiger partial charge in [0.2, 0.25) is 12.7 Å². The fourth-order valence-corrected chi connectivity index (χ4v) is 2.71. The van der Waals surface area contributed by atoms with E-state index in [9.17, 15) is 0 Å². The molecule has 27 heavy (non-hydrogen) atoms. The Kier molecular flexibility index (Phi) is 4.86. The average molecular weight is 365 g/mol. The molecule has 4 rings (SSSR count). The lowest BCUT2D eigenvalue weighted by Crippen LogP contribution is -2.09. The van der Waals surface area contributed by atoms with Crippen LogP contribution in [0, 0.1) is 0 Å². The number of fused-ring (bicyclic) bond motifs is 1. The molecule has 0 fully saturated rings. The molecular formula is C19H19N5O3. The molecule has 2 N–H and O–H groups in total. The van der Waals surface area contributed by atoms with Crippen LogP contribution in [0.15, 0.2) is 48.7 Å². The standard InChI is InChI=1S/C19H19N5O3/c1-25-15-4-2-3-13(9-15)7-8-20-19-23-18(11-21-24-19)22-14-5-6-16-17(10-14)27-12-26-16/h2-6,9-11H,7-8,12H2,1H3,(H2,20,22,23,24). The molecule has 0 saturated carbocycles. The van der Waals surface area contributed by atoms with Crippen molar-refractivity contribution in [3.05, 3.63) is 54.2 Å². The fourth-order valence-electron chi connectivity index (χ4n) is 2.71. The summed E-state index contributed by atoms with van der Waals surface area (Å²) >= 11 is 0. The van der Waals surface area contributed by atoms with Crippen LogP contribution in [0.4, 0.5) is 17.5 Å². The molecule has 0 atom stereocenters. The Morgan fingerprint density at radius 3 is 2.96 bits per heavy atom. The highest BCUT2D eigenvalue weighted by atomic mass is 16.7. The molecule has 0 bridgehead atoms. The molecule has 138 valence electrons. The Balaban J connectivity index is 1.36. The van der Waals surface area contributed by atoms with Gasteiger partial charge in [-0.25, -0.2) is 0 Å². The van der Waals surface area contributed by atoms with Gasteiger partial charge in [-0.05, 0) is 36.2 Å². The van der Waals surface area contributed by atoms with Crippen LogP contribution in [0.1, 0.15) is 5.56 Å². The van der Waals surface area contributed by atoms with Crippen LogP contribution in [0.25, 0.3) is 0 Å². The first-order valence-corrected chi connectivity index (χ1v) is 8.53. The van der Waals surface area contributed by atoms with Gasteiger partial charge in [-0.1, -0.05) is 12.1 Å². The Bertz CT molecular complexity index is 935. The predicted octanol–water partition coefficient (Wildman–Crippen LogP) is 3.01. The van der Waals surface area contributed by atoms with Crippen LogP contribution in [-0.4, -0.2) is 35.6 Å². The molecular weight excluding hydrogens is 346 g/mol. The minimum Gasteiger partial charge on any atom is -0.497 e. The molecule has 0 radical (unpaired) electrons. The second-order valence-electron chi connectivity index (χ2n) is 5.89. The number of hydrogen-bond acceptors (Lipinski definition) is 8. The van der Waals surface area contributed by atoms with Crippen LogP contribution >= 0.6 is 0 Å². The fraction of sp³-hybridized carbons (Fsp3) is 0.211. The first-order valence-electron chi connectivity index (χ1n) is 8.53. The molecule has 1 aliphatic rings. The van der Waals surface area contributed by atoms with Crippen LogP contribution in [0.2, 0.25) is 0 Å². The Labute approximate surface area is 156 Å². The number of anilines is 3. The summed E-state index contributed by atoms with van der Waals surface area (Å²) in [5, 5.41) is 14.4. The Hall–Kier alpha value is -3.55. The zero-order chi connectivity index (χ0) is 18.5. The summed E-state index contributed by atoms with van der Waals surface area (Å²) in [4.78, 5) is 4.43. The highest BCUT2D eigenvalue weighted by Gasteiger charge is 2.13. The van der Waals surface area contributed by atoms with Crippen molar-refractivity contribution in [2.24, 2.45) is 0 Å². The summed E-state index contributed by atoms with van der Waals surface area (Å²) in [6, 6.07) is 13.6. The number of nitrogens with zero attached hydrogens (tertiary/aromatic N) is 3. The number of nitrogens with one attached hydrogen (secondary N) is 2. The third kappa shape index (κ3) is 4.17. The van der Waals surface area contributed by atoms with Crippen molar-refractivity contribution in [3.63, 3.8) is 0 Å². The maximum Gasteiger partial charge on any atom is 0.244 e. The highest BCUT2D eigenvalue weighted by molar-refractivity contribution is 5.61. The first-order chi connectivity index (χ1) is 13.3. The monoisotopic (exact) mass is 365 g/mol. The van der Waals surface area contributed by atoms with E-state index in [-0.39, 0.29) is 6.79 Å². The lowest BCUT2D eigenvalue weighted by Gasteiger charge is -2.09. The van der Waals surface area contributed by atoms with E-state index in [1.165, 1.54) is 5.56 Å². The van der Waals surface area contributed by atoms with Crippen molar-refractivity contribution < 1.29 is 14.2 Å². The van der Waals surface area contributed by atoms with Gasteiger partial charge in [-0.3, -0.25) is 0 Å². The van der Waals surface area contributed by atoms with E-state index < -0.39 is 0 Å². The number of hydrogen-bond donors (Lipinski definition) is 2. The summed E-state index contributed by atoms with van der Waals surface area (Å²) in [6.07, 6.45) is 2.39. The molecule has 3 aromatic rings. The predicted molar refractivity (Wildman–Crippen MR) is 101 cm³/mol. The van der Waals surface area contributed by atoms with Crippen molar-refractivity contribution in [2.75, 3.05) is 31.1 Å². The SMILES string of the molecule is COc1cccc(CCNc2nncc(Nc3ccc4c(c3)OCO4)n2)c1. The number of ether oxygens (including phenoxy) is 3. The lowest BCUT2D eigenvalue weighted by atomic mass is 10.1. The second-order valence-corrected chi connectivity index (χ2v) is 5.89. The van der Waals surface area contributed by atoms with Crippen LogP contribution < -0.4 is 24.8 Å². The van der Waals surface area contributed by atoms with Crippen LogP contribution in [0.5, 0.6) is 17.2 Å².